The molecule has 2 aliphatic rings. The highest BCUT2D eigenvalue weighted by atomic mass is 15.0. The molecule has 1 aliphatic carbocycles. The summed E-state index contributed by atoms with van der Waals surface area (Å²) < 4.78 is 0. The van der Waals surface area contributed by atoms with Crippen LogP contribution in [0.15, 0.2) is 0 Å². The lowest BCUT2D eigenvalue weighted by Gasteiger charge is -2.29. The molecular weight excluding hydrogens is 172 g/mol. The topological polar surface area (TPSA) is 24.1 Å². The van der Waals surface area contributed by atoms with Gasteiger partial charge < -0.3 is 10.6 Å². The van der Waals surface area contributed by atoms with E-state index in [9.17, 15) is 0 Å². The Hall–Kier alpha value is -0.0800. The fraction of sp³-hybridized carbons (Fsp3) is 1.00. The number of hydrogen-bond donors (Lipinski definition) is 2. The van der Waals surface area contributed by atoms with Crippen LogP contribution in [0.25, 0.3) is 0 Å². The van der Waals surface area contributed by atoms with Crippen LogP contribution in [0.4, 0.5) is 0 Å². The summed E-state index contributed by atoms with van der Waals surface area (Å²) in [6.45, 7) is 6.03. The van der Waals surface area contributed by atoms with E-state index in [0.29, 0.717) is 5.41 Å². The maximum absolute atomic E-state index is 3.76. The molecule has 0 bridgehead atoms. The summed E-state index contributed by atoms with van der Waals surface area (Å²) in [6, 6.07) is 0.821. The molecule has 2 rings (SSSR count). The maximum Gasteiger partial charge on any atom is 0.00673 e. The summed E-state index contributed by atoms with van der Waals surface area (Å²) in [5.74, 6) is 0. The van der Waals surface area contributed by atoms with Gasteiger partial charge in [0, 0.05) is 19.1 Å². The number of rotatable bonds is 3. The van der Waals surface area contributed by atoms with E-state index in [4.69, 9.17) is 0 Å². The van der Waals surface area contributed by atoms with Gasteiger partial charge in [-0.1, -0.05) is 26.2 Å². The Morgan fingerprint density at radius 3 is 2.71 bits per heavy atom. The van der Waals surface area contributed by atoms with Crippen LogP contribution in [-0.2, 0) is 0 Å². The minimum absolute atomic E-state index is 0.525. The van der Waals surface area contributed by atoms with Gasteiger partial charge in [0.2, 0.25) is 0 Å². The van der Waals surface area contributed by atoms with Crippen molar-refractivity contribution in [2.75, 3.05) is 19.6 Å². The van der Waals surface area contributed by atoms with Gasteiger partial charge >= 0.3 is 0 Å². The Morgan fingerprint density at radius 1 is 1.29 bits per heavy atom. The van der Waals surface area contributed by atoms with Crippen molar-refractivity contribution < 1.29 is 0 Å². The third-order valence-electron chi connectivity index (χ3n) is 3.88. The fourth-order valence-corrected chi connectivity index (χ4v) is 2.72. The van der Waals surface area contributed by atoms with E-state index >= 15 is 0 Å². The molecule has 2 nitrogen and oxygen atoms in total. The highest BCUT2D eigenvalue weighted by Crippen LogP contribution is 2.24. The lowest BCUT2D eigenvalue weighted by Crippen LogP contribution is -2.40. The summed E-state index contributed by atoms with van der Waals surface area (Å²) in [7, 11) is 0. The number of hydrogen-bond acceptors (Lipinski definition) is 2. The van der Waals surface area contributed by atoms with E-state index in [1.54, 1.807) is 0 Å². The van der Waals surface area contributed by atoms with Gasteiger partial charge in [-0.15, -0.1) is 0 Å². The van der Waals surface area contributed by atoms with Gasteiger partial charge in [-0.05, 0) is 31.2 Å². The summed E-state index contributed by atoms with van der Waals surface area (Å²) in [6.07, 6.45) is 8.48. The van der Waals surface area contributed by atoms with Gasteiger partial charge in [-0.2, -0.15) is 0 Å². The van der Waals surface area contributed by atoms with Crippen LogP contribution < -0.4 is 10.6 Å². The van der Waals surface area contributed by atoms with E-state index in [1.165, 1.54) is 58.2 Å². The average molecular weight is 196 g/mol. The third-order valence-corrected chi connectivity index (χ3v) is 3.88. The lowest BCUT2D eigenvalue weighted by molar-refractivity contribution is 0.287. The van der Waals surface area contributed by atoms with E-state index in [-0.39, 0.29) is 0 Å². The smallest absolute Gasteiger partial charge is 0.00673 e. The van der Waals surface area contributed by atoms with E-state index in [2.05, 4.69) is 17.6 Å². The molecule has 1 atom stereocenters. The van der Waals surface area contributed by atoms with Crippen molar-refractivity contribution in [3.63, 3.8) is 0 Å². The normalized spacial score (nSPS) is 34.9. The molecule has 0 aromatic rings. The lowest BCUT2D eigenvalue weighted by atomic mass is 9.88. The molecule has 1 heterocycles. The van der Waals surface area contributed by atoms with Gasteiger partial charge in [-0.25, -0.2) is 0 Å². The zero-order chi connectivity index (χ0) is 9.86. The molecule has 1 aliphatic heterocycles. The quantitative estimate of drug-likeness (QED) is 0.720. The molecule has 0 spiro atoms. The Bertz CT molecular complexity index is 167. The molecular formula is C12H24N2. The largest absolute Gasteiger partial charge is 0.316 e. The van der Waals surface area contributed by atoms with Crippen molar-refractivity contribution in [1.29, 1.82) is 0 Å². The molecule has 1 saturated heterocycles. The van der Waals surface area contributed by atoms with Gasteiger partial charge in [0.1, 0.15) is 0 Å². The molecule has 14 heavy (non-hydrogen) atoms. The molecule has 2 N–H and O–H groups in total. The van der Waals surface area contributed by atoms with Crippen molar-refractivity contribution in [2.45, 2.75) is 51.5 Å². The first-order valence-corrected chi connectivity index (χ1v) is 6.23. The molecule has 0 radical (unpaired) electrons. The van der Waals surface area contributed by atoms with Crippen molar-refractivity contribution >= 4 is 0 Å². The number of nitrogens with one attached hydrogen (secondary N) is 2. The Balaban J connectivity index is 1.70. The van der Waals surface area contributed by atoms with E-state index in [1.807, 2.05) is 0 Å². The molecule has 0 aromatic heterocycles. The second-order valence-corrected chi connectivity index (χ2v) is 5.45. The zero-order valence-electron chi connectivity index (χ0n) is 9.44. The summed E-state index contributed by atoms with van der Waals surface area (Å²) >= 11 is 0. The molecule has 2 heteroatoms. The Labute approximate surface area is 87.8 Å². The summed E-state index contributed by atoms with van der Waals surface area (Å²) in [5.41, 5.74) is 0.525. The fourth-order valence-electron chi connectivity index (χ4n) is 2.72. The van der Waals surface area contributed by atoms with Crippen molar-refractivity contribution in [2.24, 2.45) is 5.41 Å². The van der Waals surface area contributed by atoms with E-state index < -0.39 is 0 Å². The van der Waals surface area contributed by atoms with Crippen LogP contribution in [0.3, 0.4) is 0 Å². The molecule has 82 valence electrons. The predicted molar refractivity (Wildman–Crippen MR) is 60.5 cm³/mol. The second-order valence-electron chi connectivity index (χ2n) is 5.45. The minimum Gasteiger partial charge on any atom is -0.316 e. The predicted octanol–water partition coefficient (Wildman–Crippen LogP) is 1.91. The van der Waals surface area contributed by atoms with Crippen LogP contribution in [0.2, 0.25) is 0 Å². The first-order valence-electron chi connectivity index (χ1n) is 6.23. The van der Waals surface area contributed by atoms with Crippen LogP contribution >= 0.6 is 0 Å². The van der Waals surface area contributed by atoms with Crippen LogP contribution in [0.1, 0.15) is 45.4 Å². The molecule has 1 unspecified atom stereocenters. The van der Waals surface area contributed by atoms with Crippen molar-refractivity contribution in [1.82, 2.24) is 10.6 Å². The zero-order valence-corrected chi connectivity index (χ0v) is 9.44. The summed E-state index contributed by atoms with van der Waals surface area (Å²) in [4.78, 5) is 0. The second kappa shape index (κ2) is 4.63. The van der Waals surface area contributed by atoms with Crippen molar-refractivity contribution in [3.05, 3.63) is 0 Å². The van der Waals surface area contributed by atoms with Crippen LogP contribution in [0, 0.1) is 5.41 Å². The van der Waals surface area contributed by atoms with Gasteiger partial charge in [0.25, 0.3) is 0 Å². The first kappa shape index (κ1) is 10.4. The Kier molecular flexibility index (Phi) is 3.45. The molecule has 0 aromatic carbocycles. The van der Waals surface area contributed by atoms with Gasteiger partial charge in [0.05, 0.1) is 0 Å². The standard InChI is InChI=1S/C12H24N2/c1-12(7-8-13-9-12)10-14-11-5-3-2-4-6-11/h11,13-14H,2-10H2,1H3. The van der Waals surface area contributed by atoms with Gasteiger partial charge in [-0.3, -0.25) is 0 Å². The monoisotopic (exact) mass is 196 g/mol. The Morgan fingerprint density at radius 2 is 2.07 bits per heavy atom. The SMILES string of the molecule is CC1(CNC2CCCCC2)CCNC1. The third kappa shape index (κ3) is 2.71. The highest BCUT2D eigenvalue weighted by molar-refractivity contribution is 4.87. The molecule has 2 fully saturated rings. The van der Waals surface area contributed by atoms with Crippen LogP contribution in [0.5, 0.6) is 0 Å². The molecule has 0 amide bonds. The van der Waals surface area contributed by atoms with E-state index in [0.717, 1.165) is 6.04 Å². The maximum atomic E-state index is 3.76. The van der Waals surface area contributed by atoms with Gasteiger partial charge in [0.15, 0.2) is 0 Å². The highest BCUT2D eigenvalue weighted by Gasteiger charge is 2.28. The molecule has 1 saturated carbocycles. The minimum atomic E-state index is 0.525. The summed E-state index contributed by atoms with van der Waals surface area (Å²) in [5, 5.41) is 7.22. The average Bonchev–Trinajstić information content (AvgIpc) is 2.65. The van der Waals surface area contributed by atoms with Crippen LogP contribution in [-0.4, -0.2) is 25.7 Å². The van der Waals surface area contributed by atoms with Crippen molar-refractivity contribution in [3.8, 4) is 0 Å². The first-order chi connectivity index (χ1) is 6.79.